The molecule has 2 rings (SSSR count). The number of hydrogen-bond acceptors (Lipinski definition) is 4. The van der Waals surface area contributed by atoms with Crippen LogP contribution < -0.4 is 16.0 Å². The predicted molar refractivity (Wildman–Crippen MR) is 73.1 cm³/mol. The van der Waals surface area contributed by atoms with Crippen molar-refractivity contribution in [3.8, 4) is 5.75 Å². The van der Waals surface area contributed by atoms with Crippen molar-refractivity contribution in [3.05, 3.63) is 57.8 Å². The minimum Gasteiger partial charge on any atom is -0.493 e. The van der Waals surface area contributed by atoms with Gasteiger partial charge in [0, 0.05) is 19.0 Å². The number of rotatable bonds is 5. The van der Waals surface area contributed by atoms with Crippen LogP contribution in [-0.2, 0) is 13.0 Å². The Morgan fingerprint density at radius 1 is 1.37 bits per heavy atom. The topological polar surface area (TPSA) is 81.0 Å². The van der Waals surface area contributed by atoms with E-state index in [2.05, 4.69) is 9.97 Å². The number of nitrogens with two attached hydrogens (primary N) is 1. The lowest BCUT2D eigenvalue weighted by atomic mass is 10.2. The standard InChI is InChI=1S/C14H17N3O2/c1-10-4-2-3-5-12(10)19-7-6-13-16-11(9-15)8-14(18)17-13/h2-5,8H,6-7,9,15H2,1H3,(H,16,17,18). The Bertz CT molecular complexity index is 608. The summed E-state index contributed by atoms with van der Waals surface area (Å²) in [7, 11) is 0. The molecule has 0 saturated carbocycles. The highest BCUT2D eigenvalue weighted by Gasteiger charge is 2.02. The summed E-state index contributed by atoms with van der Waals surface area (Å²) in [5.41, 5.74) is 6.98. The van der Waals surface area contributed by atoms with E-state index < -0.39 is 0 Å². The van der Waals surface area contributed by atoms with Gasteiger partial charge >= 0.3 is 0 Å². The summed E-state index contributed by atoms with van der Waals surface area (Å²) in [6.45, 7) is 2.71. The molecule has 0 unspecified atom stereocenters. The fourth-order valence-electron chi connectivity index (χ4n) is 1.76. The van der Waals surface area contributed by atoms with Crippen molar-refractivity contribution >= 4 is 0 Å². The average Bonchev–Trinajstić information content (AvgIpc) is 2.40. The van der Waals surface area contributed by atoms with Gasteiger partial charge < -0.3 is 15.5 Å². The summed E-state index contributed by atoms with van der Waals surface area (Å²) in [4.78, 5) is 18.3. The third-order valence-corrected chi connectivity index (χ3v) is 2.74. The highest BCUT2D eigenvalue weighted by molar-refractivity contribution is 5.31. The van der Waals surface area contributed by atoms with E-state index in [-0.39, 0.29) is 12.1 Å². The van der Waals surface area contributed by atoms with Crippen LogP contribution in [0.4, 0.5) is 0 Å². The van der Waals surface area contributed by atoms with Gasteiger partial charge in [0.15, 0.2) is 0 Å². The second-order valence-electron chi connectivity index (χ2n) is 4.25. The molecular weight excluding hydrogens is 242 g/mol. The van der Waals surface area contributed by atoms with Crippen LogP contribution in [0, 0.1) is 6.92 Å². The molecule has 5 nitrogen and oxygen atoms in total. The molecule has 0 radical (unpaired) electrons. The van der Waals surface area contributed by atoms with E-state index in [0.29, 0.717) is 24.5 Å². The number of nitrogens with one attached hydrogen (secondary N) is 1. The second kappa shape index (κ2) is 6.15. The number of H-pyrrole nitrogens is 1. The minimum atomic E-state index is -0.179. The van der Waals surface area contributed by atoms with Crippen molar-refractivity contribution < 1.29 is 4.74 Å². The highest BCUT2D eigenvalue weighted by Crippen LogP contribution is 2.16. The molecule has 1 heterocycles. The van der Waals surface area contributed by atoms with Gasteiger partial charge in [-0.1, -0.05) is 18.2 Å². The van der Waals surface area contributed by atoms with Crippen LogP contribution in [0.5, 0.6) is 5.75 Å². The maximum Gasteiger partial charge on any atom is 0.251 e. The monoisotopic (exact) mass is 259 g/mol. The Morgan fingerprint density at radius 3 is 2.89 bits per heavy atom. The molecule has 0 aliphatic carbocycles. The summed E-state index contributed by atoms with van der Waals surface area (Å²) in [6, 6.07) is 9.21. The lowest BCUT2D eigenvalue weighted by Gasteiger charge is -2.08. The fraction of sp³-hybridized carbons (Fsp3) is 0.286. The first kappa shape index (κ1) is 13.3. The van der Waals surface area contributed by atoms with E-state index in [4.69, 9.17) is 10.5 Å². The summed E-state index contributed by atoms with van der Waals surface area (Å²) in [5, 5.41) is 0. The number of aryl methyl sites for hydroxylation is 1. The third-order valence-electron chi connectivity index (χ3n) is 2.74. The largest absolute Gasteiger partial charge is 0.493 e. The summed E-state index contributed by atoms with van der Waals surface area (Å²) >= 11 is 0. The molecule has 19 heavy (non-hydrogen) atoms. The van der Waals surface area contributed by atoms with Crippen LogP contribution in [0.2, 0.25) is 0 Å². The fourth-order valence-corrected chi connectivity index (χ4v) is 1.76. The lowest BCUT2D eigenvalue weighted by Crippen LogP contribution is -2.16. The van der Waals surface area contributed by atoms with Crippen LogP contribution in [0.3, 0.4) is 0 Å². The Labute approximate surface area is 111 Å². The third kappa shape index (κ3) is 3.66. The van der Waals surface area contributed by atoms with Gasteiger partial charge in [-0.2, -0.15) is 0 Å². The molecule has 0 aliphatic rings. The van der Waals surface area contributed by atoms with Crippen LogP contribution in [0.25, 0.3) is 0 Å². The first-order chi connectivity index (χ1) is 9.19. The molecule has 0 amide bonds. The quantitative estimate of drug-likeness (QED) is 0.844. The summed E-state index contributed by atoms with van der Waals surface area (Å²) in [6.07, 6.45) is 0.539. The van der Waals surface area contributed by atoms with E-state index in [0.717, 1.165) is 11.3 Å². The molecule has 1 aromatic heterocycles. The molecular formula is C14H17N3O2. The van der Waals surface area contributed by atoms with Gasteiger partial charge in [0.05, 0.1) is 12.3 Å². The van der Waals surface area contributed by atoms with Gasteiger partial charge in [0.1, 0.15) is 11.6 Å². The molecule has 2 aromatic rings. The molecule has 1 aromatic carbocycles. The van der Waals surface area contributed by atoms with E-state index in [1.54, 1.807) is 0 Å². The van der Waals surface area contributed by atoms with Crippen LogP contribution in [0.1, 0.15) is 17.1 Å². The zero-order chi connectivity index (χ0) is 13.7. The second-order valence-corrected chi connectivity index (χ2v) is 4.25. The smallest absolute Gasteiger partial charge is 0.251 e. The van der Waals surface area contributed by atoms with E-state index in [9.17, 15) is 4.79 Å². The highest BCUT2D eigenvalue weighted by atomic mass is 16.5. The molecule has 0 spiro atoms. The van der Waals surface area contributed by atoms with Crippen molar-refractivity contribution in [3.63, 3.8) is 0 Å². The number of nitrogens with zero attached hydrogens (tertiary/aromatic N) is 1. The van der Waals surface area contributed by atoms with Gasteiger partial charge in [0.25, 0.3) is 5.56 Å². The van der Waals surface area contributed by atoms with Crippen molar-refractivity contribution in [2.24, 2.45) is 5.73 Å². The van der Waals surface area contributed by atoms with Crippen molar-refractivity contribution in [2.45, 2.75) is 19.9 Å². The molecule has 0 atom stereocenters. The van der Waals surface area contributed by atoms with E-state index >= 15 is 0 Å². The van der Waals surface area contributed by atoms with Crippen molar-refractivity contribution in [1.29, 1.82) is 0 Å². The molecule has 100 valence electrons. The number of ether oxygens (including phenoxy) is 1. The first-order valence-electron chi connectivity index (χ1n) is 6.16. The number of hydrogen-bond donors (Lipinski definition) is 2. The van der Waals surface area contributed by atoms with Gasteiger partial charge in [-0.15, -0.1) is 0 Å². The maximum atomic E-state index is 11.4. The lowest BCUT2D eigenvalue weighted by molar-refractivity contribution is 0.316. The Kier molecular flexibility index (Phi) is 4.30. The molecule has 0 saturated heterocycles. The average molecular weight is 259 g/mol. The summed E-state index contributed by atoms with van der Waals surface area (Å²) < 4.78 is 5.66. The summed E-state index contributed by atoms with van der Waals surface area (Å²) in [5.74, 6) is 1.45. The van der Waals surface area contributed by atoms with Crippen LogP contribution >= 0.6 is 0 Å². The van der Waals surface area contributed by atoms with Crippen molar-refractivity contribution in [2.75, 3.05) is 6.61 Å². The minimum absolute atomic E-state index is 0.179. The Morgan fingerprint density at radius 2 is 2.16 bits per heavy atom. The molecule has 0 bridgehead atoms. The Balaban J connectivity index is 1.98. The number of para-hydroxylation sites is 1. The van der Waals surface area contributed by atoms with E-state index in [1.807, 2.05) is 31.2 Å². The van der Waals surface area contributed by atoms with Crippen molar-refractivity contribution in [1.82, 2.24) is 9.97 Å². The van der Waals surface area contributed by atoms with Gasteiger partial charge in [-0.25, -0.2) is 4.98 Å². The van der Waals surface area contributed by atoms with Crippen LogP contribution in [-0.4, -0.2) is 16.6 Å². The molecule has 3 N–H and O–H groups in total. The normalized spacial score (nSPS) is 10.4. The van der Waals surface area contributed by atoms with Gasteiger partial charge in [-0.3, -0.25) is 4.79 Å². The maximum absolute atomic E-state index is 11.4. The van der Waals surface area contributed by atoms with E-state index in [1.165, 1.54) is 6.07 Å². The zero-order valence-electron chi connectivity index (χ0n) is 10.8. The molecule has 0 aliphatic heterocycles. The number of benzene rings is 1. The number of aromatic nitrogens is 2. The molecule has 0 fully saturated rings. The number of aromatic amines is 1. The SMILES string of the molecule is Cc1ccccc1OCCc1nc(CN)cc(=O)[nH]1. The van der Waals surface area contributed by atoms with Gasteiger partial charge in [0.2, 0.25) is 0 Å². The Hall–Kier alpha value is -2.14. The molecule has 5 heteroatoms. The first-order valence-corrected chi connectivity index (χ1v) is 6.16. The zero-order valence-corrected chi connectivity index (χ0v) is 10.8. The van der Waals surface area contributed by atoms with Gasteiger partial charge in [-0.05, 0) is 18.6 Å². The predicted octanol–water partition coefficient (Wildman–Crippen LogP) is 1.16. The van der Waals surface area contributed by atoms with Crippen LogP contribution in [0.15, 0.2) is 35.1 Å².